The number of carbonyl (C=O) groups is 2. The third-order valence-electron chi connectivity index (χ3n) is 4.29. The molecule has 1 heterocycles. The van der Waals surface area contributed by atoms with Gasteiger partial charge in [-0.15, -0.1) is 0 Å². The molecule has 29 heavy (non-hydrogen) atoms. The molecule has 2 aromatic carbocycles. The highest BCUT2D eigenvalue weighted by atomic mass is 16.5. The minimum atomic E-state index is -0.307. The summed E-state index contributed by atoms with van der Waals surface area (Å²) in [5.41, 5.74) is 1.79. The summed E-state index contributed by atoms with van der Waals surface area (Å²) in [6.45, 7) is 0. The summed E-state index contributed by atoms with van der Waals surface area (Å²) in [5.74, 6) is 1.17. The average molecular weight is 391 g/mol. The van der Waals surface area contributed by atoms with Crippen LogP contribution in [0.5, 0.6) is 11.5 Å². The number of ketones is 1. The van der Waals surface area contributed by atoms with E-state index in [2.05, 4.69) is 10.3 Å². The zero-order valence-electron chi connectivity index (χ0n) is 16.4. The summed E-state index contributed by atoms with van der Waals surface area (Å²) in [7, 11) is 4.90. The van der Waals surface area contributed by atoms with Crippen molar-refractivity contribution in [3.63, 3.8) is 0 Å². The van der Waals surface area contributed by atoms with Crippen LogP contribution in [0.1, 0.15) is 21.7 Å². The van der Waals surface area contributed by atoms with Crippen molar-refractivity contribution in [1.29, 1.82) is 0 Å². The van der Waals surface area contributed by atoms with Crippen LogP contribution in [0.3, 0.4) is 0 Å². The fourth-order valence-corrected chi connectivity index (χ4v) is 2.74. The lowest BCUT2D eigenvalue weighted by molar-refractivity contribution is -0.111. The van der Waals surface area contributed by atoms with Crippen molar-refractivity contribution in [2.45, 2.75) is 0 Å². The molecule has 0 aliphatic heterocycles. The Morgan fingerprint density at radius 1 is 1.07 bits per heavy atom. The zero-order chi connectivity index (χ0) is 20.8. The van der Waals surface area contributed by atoms with Gasteiger partial charge in [-0.3, -0.25) is 9.59 Å². The molecule has 1 N–H and O–H groups in total. The molecule has 7 nitrogen and oxygen atoms in total. The molecule has 0 radical (unpaired) electrons. The van der Waals surface area contributed by atoms with E-state index in [0.29, 0.717) is 28.6 Å². The second kappa shape index (κ2) is 8.88. The maximum Gasteiger partial charge on any atom is 0.248 e. The molecule has 7 heteroatoms. The van der Waals surface area contributed by atoms with Gasteiger partial charge in [0.1, 0.15) is 11.5 Å². The van der Waals surface area contributed by atoms with Crippen LogP contribution in [-0.2, 0) is 11.8 Å². The number of aromatic nitrogens is 2. The first-order chi connectivity index (χ1) is 14.0. The molecular formula is C22H21N3O4. The molecule has 148 valence electrons. The summed E-state index contributed by atoms with van der Waals surface area (Å²) in [4.78, 5) is 28.7. The number of nitrogens with zero attached hydrogens (tertiary/aromatic N) is 2. The van der Waals surface area contributed by atoms with Crippen molar-refractivity contribution in [2.75, 3.05) is 19.5 Å². The first-order valence-corrected chi connectivity index (χ1v) is 8.85. The van der Waals surface area contributed by atoms with E-state index in [1.54, 1.807) is 86.8 Å². The Kier molecular flexibility index (Phi) is 6.09. The number of benzene rings is 2. The smallest absolute Gasteiger partial charge is 0.248 e. The van der Waals surface area contributed by atoms with E-state index in [4.69, 9.17) is 9.47 Å². The number of methoxy groups -OCH3 is 2. The van der Waals surface area contributed by atoms with Gasteiger partial charge in [-0.2, -0.15) is 0 Å². The van der Waals surface area contributed by atoms with Gasteiger partial charge in [0, 0.05) is 42.3 Å². The number of aryl methyl sites for hydroxylation is 1. The lowest BCUT2D eigenvalue weighted by atomic mass is 10.1. The quantitative estimate of drug-likeness (QED) is 0.494. The molecule has 0 aliphatic rings. The van der Waals surface area contributed by atoms with Gasteiger partial charge in [-0.25, -0.2) is 4.98 Å². The highest BCUT2D eigenvalue weighted by Crippen LogP contribution is 2.25. The van der Waals surface area contributed by atoms with Crippen LogP contribution >= 0.6 is 0 Å². The Balaban J connectivity index is 1.68. The number of imidazole rings is 1. The minimum Gasteiger partial charge on any atom is -0.497 e. The van der Waals surface area contributed by atoms with Crippen molar-refractivity contribution in [1.82, 2.24) is 9.55 Å². The van der Waals surface area contributed by atoms with Crippen molar-refractivity contribution < 1.29 is 19.1 Å². The second-order valence-corrected chi connectivity index (χ2v) is 6.20. The Labute approximate surface area is 168 Å². The highest BCUT2D eigenvalue weighted by molar-refractivity contribution is 6.07. The van der Waals surface area contributed by atoms with Gasteiger partial charge in [0.15, 0.2) is 5.82 Å². The van der Waals surface area contributed by atoms with Crippen molar-refractivity contribution in [3.8, 4) is 11.5 Å². The van der Waals surface area contributed by atoms with Crippen LogP contribution in [-0.4, -0.2) is 35.5 Å². The van der Waals surface area contributed by atoms with Crippen LogP contribution in [0.25, 0.3) is 6.08 Å². The predicted octanol–water partition coefficient (Wildman–Crippen LogP) is 3.32. The average Bonchev–Trinajstić information content (AvgIpc) is 3.17. The minimum absolute atomic E-state index is 0.180. The fourth-order valence-electron chi connectivity index (χ4n) is 2.74. The lowest BCUT2D eigenvalue weighted by Crippen LogP contribution is -2.10. The SMILES string of the molecule is COc1ccc(OC)c(/C=C/C(=O)Nc2ccc(C(=O)c3nccn3C)cc2)c1. The summed E-state index contributed by atoms with van der Waals surface area (Å²) < 4.78 is 12.2. The van der Waals surface area contributed by atoms with Gasteiger partial charge in [0.05, 0.1) is 14.2 Å². The van der Waals surface area contributed by atoms with Crippen LogP contribution in [0.15, 0.2) is 60.9 Å². The molecule has 0 unspecified atom stereocenters. The van der Waals surface area contributed by atoms with E-state index in [1.807, 2.05) is 0 Å². The van der Waals surface area contributed by atoms with Crippen molar-refractivity contribution in [3.05, 3.63) is 77.9 Å². The van der Waals surface area contributed by atoms with Crippen molar-refractivity contribution in [2.24, 2.45) is 7.05 Å². The van der Waals surface area contributed by atoms with Gasteiger partial charge in [0.2, 0.25) is 11.7 Å². The highest BCUT2D eigenvalue weighted by Gasteiger charge is 2.13. The molecule has 0 fully saturated rings. The van der Waals surface area contributed by atoms with E-state index >= 15 is 0 Å². The number of anilines is 1. The van der Waals surface area contributed by atoms with E-state index in [0.717, 1.165) is 5.56 Å². The third-order valence-corrected chi connectivity index (χ3v) is 4.29. The molecule has 0 saturated heterocycles. The Hall–Kier alpha value is -3.87. The normalized spacial score (nSPS) is 10.7. The Bertz CT molecular complexity index is 1050. The molecule has 0 spiro atoms. The monoisotopic (exact) mass is 391 g/mol. The largest absolute Gasteiger partial charge is 0.497 e. The van der Waals surface area contributed by atoms with Crippen LogP contribution in [0, 0.1) is 0 Å². The summed E-state index contributed by atoms with van der Waals surface area (Å²) in [6, 6.07) is 12.0. The molecule has 0 bridgehead atoms. The first kappa shape index (κ1) is 19.9. The molecule has 1 aromatic heterocycles. The summed E-state index contributed by atoms with van der Waals surface area (Å²) in [5, 5.41) is 2.76. The number of ether oxygens (including phenoxy) is 2. The first-order valence-electron chi connectivity index (χ1n) is 8.85. The molecule has 3 rings (SSSR count). The Morgan fingerprint density at radius 3 is 2.45 bits per heavy atom. The second-order valence-electron chi connectivity index (χ2n) is 6.20. The maximum absolute atomic E-state index is 12.4. The molecule has 0 atom stereocenters. The molecule has 0 saturated carbocycles. The topological polar surface area (TPSA) is 82.4 Å². The van der Waals surface area contributed by atoms with Crippen LogP contribution in [0.2, 0.25) is 0 Å². The number of carbonyl (C=O) groups excluding carboxylic acids is 2. The summed E-state index contributed by atoms with van der Waals surface area (Å²) in [6.07, 6.45) is 6.34. The van der Waals surface area contributed by atoms with E-state index < -0.39 is 0 Å². The lowest BCUT2D eigenvalue weighted by Gasteiger charge is -2.07. The van der Waals surface area contributed by atoms with E-state index in [1.165, 1.54) is 6.08 Å². The number of hydrogen-bond donors (Lipinski definition) is 1. The summed E-state index contributed by atoms with van der Waals surface area (Å²) >= 11 is 0. The number of hydrogen-bond acceptors (Lipinski definition) is 5. The molecular weight excluding hydrogens is 370 g/mol. The van der Waals surface area contributed by atoms with E-state index in [9.17, 15) is 9.59 Å². The maximum atomic E-state index is 12.4. The van der Waals surface area contributed by atoms with Crippen LogP contribution in [0.4, 0.5) is 5.69 Å². The molecule has 0 aliphatic carbocycles. The van der Waals surface area contributed by atoms with Crippen LogP contribution < -0.4 is 14.8 Å². The Morgan fingerprint density at radius 2 is 1.83 bits per heavy atom. The van der Waals surface area contributed by atoms with Gasteiger partial charge in [-0.05, 0) is 48.5 Å². The standard InChI is InChI=1S/C22H21N3O4/c1-25-13-12-23-22(25)21(27)15-4-7-17(8-5-15)24-20(26)11-6-16-14-18(28-2)9-10-19(16)29-3/h4-14H,1-3H3,(H,24,26)/b11-6+. The molecule has 3 aromatic rings. The van der Waals surface area contributed by atoms with Gasteiger partial charge < -0.3 is 19.4 Å². The molecule has 1 amide bonds. The number of rotatable bonds is 7. The van der Waals surface area contributed by atoms with E-state index in [-0.39, 0.29) is 11.7 Å². The van der Waals surface area contributed by atoms with Gasteiger partial charge in [-0.1, -0.05) is 0 Å². The zero-order valence-corrected chi connectivity index (χ0v) is 16.4. The predicted molar refractivity (Wildman–Crippen MR) is 110 cm³/mol. The fraction of sp³-hybridized carbons (Fsp3) is 0.136. The van der Waals surface area contributed by atoms with Gasteiger partial charge in [0.25, 0.3) is 0 Å². The third kappa shape index (κ3) is 4.70. The van der Waals surface area contributed by atoms with Crippen molar-refractivity contribution >= 4 is 23.5 Å². The number of amides is 1. The van der Waals surface area contributed by atoms with Gasteiger partial charge >= 0.3 is 0 Å². The number of nitrogens with one attached hydrogen (secondary N) is 1.